The summed E-state index contributed by atoms with van der Waals surface area (Å²) >= 11 is 0. The molecule has 70 valence electrons. The lowest BCUT2D eigenvalue weighted by Gasteiger charge is -2.16. The summed E-state index contributed by atoms with van der Waals surface area (Å²) in [4.78, 5) is 2.01. The van der Waals surface area contributed by atoms with E-state index in [0.29, 0.717) is 6.67 Å². The molecule has 0 saturated carbocycles. The molecule has 0 saturated heterocycles. The molecular formula is C10H14N2O. The average Bonchev–Trinajstić information content (AvgIpc) is 2.63. The number of benzene rings is 1. The molecule has 0 spiro atoms. The van der Waals surface area contributed by atoms with Crippen molar-refractivity contribution in [2.24, 2.45) is 5.73 Å². The van der Waals surface area contributed by atoms with E-state index in [2.05, 4.69) is 6.07 Å². The molecule has 0 atom stereocenters. The van der Waals surface area contributed by atoms with Crippen molar-refractivity contribution < 1.29 is 4.74 Å². The summed E-state index contributed by atoms with van der Waals surface area (Å²) in [6, 6.07) is 6.20. The number of ether oxygens (including phenoxy) is 1. The van der Waals surface area contributed by atoms with Crippen LogP contribution in [0.1, 0.15) is 5.56 Å². The van der Waals surface area contributed by atoms with Crippen molar-refractivity contribution in [3.8, 4) is 5.75 Å². The van der Waals surface area contributed by atoms with Gasteiger partial charge in [0.15, 0.2) is 0 Å². The third-order valence-corrected chi connectivity index (χ3v) is 2.39. The number of nitrogens with zero attached hydrogens (tertiary/aromatic N) is 1. The van der Waals surface area contributed by atoms with Crippen molar-refractivity contribution in [2.45, 2.75) is 6.42 Å². The van der Waals surface area contributed by atoms with Crippen LogP contribution in [0.4, 0.5) is 5.69 Å². The van der Waals surface area contributed by atoms with Crippen LogP contribution in [0.15, 0.2) is 18.2 Å². The van der Waals surface area contributed by atoms with E-state index in [1.165, 1.54) is 5.56 Å². The molecule has 0 unspecified atom stereocenters. The first-order chi connectivity index (χ1) is 6.31. The molecule has 0 radical (unpaired) electrons. The number of hydrogen-bond donors (Lipinski definition) is 1. The van der Waals surface area contributed by atoms with Crippen LogP contribution in [0.2, 0.25) is 0 Å². The fraction of sp³-hybridized carbons (Fsp3) is 0.400. The van der Waals surface area contributed by atoms with E-state index < -0.39 is 0 Å². The van der Waals surface area contributed by atoms with Crippen molar-refractivity contribution in [3.63, 3.8) is 0 Å². The highest BCUT2D eigenvalue weighted by Gasteiger charge is 2.12. The van der Waals surface area contributed by atoms with Crippen molar-refractivity contribution in [1.29, 1.82) is 0 Å². The Bertz CT molecular complexity index is 312. The zero-order valence-corrected chi connectivity index (χ0v) is 7.79. The molecule has 0 aromatic heterocycles. The first-order valence-electron chi connectivity index (χ1n) is 4.48. The minimum Gasteiger partial charge on any atom is -0.493 e. The Labute approximate surface area is 78.1 Å². The lowest BCUT2D eigenvalue weighted by atomic mass is 10.1. The van der Waals surface area contributed by atoms with Gasteiger partial charge in [-0.2, -0.15) is 0 Å². The Morgan fingerprint density at radius 3 is 3.15 bits per heavy atom. The summed E-state index contributed by atoms with van der Waals surface area (Å²) in [6.07, 6.45) is 1.02. The molecule has 1 heterocycles. The molecule has 3 nitrogen and oxygen atoms in total. The highest BCUT2D eigenvalue weighted by molar-refractivity contribution is 5.53. The molecule has 2 rings (SSSR count). The van der Waals surface area contributed by atoms with Crippen LogP contribution < -0.4 is 15.4 Å². The second-order valence-electron chi connectivity index (χ2n) is 3.27. The molecule has 13 heavy (non-hydrogen) atoms. The molecule has 0 amide bonds. The molecule has 3 heteroatoms. The fourth-order valence-electron chi connectivity index (χ4n) is 1.52. The van der Waals surface area contributed by atoms with Gasteiger partial charge in [-0.15, -0.1) is 0 Å². The van der Waals surface area contributed by atoms with Gasteiger partial charge in [0.1, 0.15) is 5.75 Å². The average molecular weight is 178 g/mol. The van der Waals surface area contributed by atoms with Gasteiger partial charge in [-0.25, -0.2) is 0 Å². The van der Waals surface area contributed by atoms with E-state index in [0.717, 1.165) is 24.5 Å². The molecule has 2 N–H and O–H groups in total. The lowest BCUT2D eigenvalue weighted by molar-refractivity contribution is 0.357. The Morgan fingerprint density at radius 1 is 1.54 bits per heavy atom. The van der Waals surface area contributed by atoms with Crippen LogP contribution in [0.25, 0.3) is 0 Å². The number of anilines is 1. The quantitative estimate of drug-likeness (QED) is 0.686. The largest absolute Gasteiger partial charge is 0.493 e. The molecular weight excluding hydrogens is 164 g/mol. The highest BCUT2D eigenvalue weighted by Crippen LogP contribution is 2.28. The van der Waals surface area contributed by atoms with E-state index in [1.807, 2.05) is 24.1 Å². The summed E-state index contributed by atoms with van der Waals surface area (Å²) < 4.78 is 5.42. The van der Waals surface area contributed by atoms with E-state index in [4.69, 9.17) is 10.5 Å². The number of hydrogen-bond acceptors (Lipinski definition) is 3. The topological polar surface area (TPSA) is 38.5 Å². The third kappa shape index (κ3) is 1.47. The van der Waals surface area contributed by atoms with Crippen LogP contribution in [-0.4, -0.2) is 20.3 Å². The summed E-state index contributed by atoms with van der Waals surface area (Å²) in [5, 5.41) is 0. The Morgan fingerprint density at radius 2 is 2.38 bits per heavy atom. The van der Waals surface area contributed by atoms with Gasteiger partial charge in [-0.05, 0) is 23.8 Å². The maximum absolute atomic E-state index is 5.54. The van der Waals surface area contributed by atoms with Crippen molar-refractivity contribution >= 4 is 5.69 Å². The van der Waals surface area contributed by atoms with E-state index in [9.17, 15) is 0 Å². The van der Waals surface area contributed by atoms with Gasteiger partial charge in [0, 0.05) is 19.2 Å². The maximum atomic E-state index is 5.54. The van der Waals surface area contributed by atoms with Crippen molar-refractivity contribution in [2.75, 3.05) is 25.2 Å². The maximum Gasteiger partial charge on any atom is 0.122 e. The number of nitrogens with two attached hydrogens (primary N) is 1. The Kier molecular flexibility index (Phi) is 2.10. The Hall–Kier alpha value is -1.22. The molecule has 0 fully saturated rings. The predicted molar refractivity (Wildman–Crippen MR) is 53.1 cm³/mol. The molecule has 0 aliphatic carbocycles. The molecule has 0 bridgehead atoms. The number of fused-ring (bicyclic) bond motifs is 1. The van der Waals surface area contributed by atoms with Crippen molar-refractivity contribution in [1.82, 2.24) is 0 Å². The van der Waals surface area contributed by atoms with E-state index >= 15 is 0 Å². The smallest absolute Gasteiger partial charge is 0.122 e. The second-order valence-corrected chi connectivity index (χ2v) is 3.27. The van der Waals surface area contributed by atoms with Gasteiger partial charge >= 0.3 is 0 Å². The predicted octanol–water partition coefficient (Wildman–Crippen LogP) is 0.974. The number of rotatable bonds is 2. The zero-order chi connectivity index (χ0) is 9.26. The summed E-state index contributed by atoms with van der Waals surface area (Å²) in [6.45, 7) is 1.35. The van der Waals surface area contributed by atoms with Crippen LogP contribution in [-0.2, 0) is 6.42 Å². The fourth-order valence-corrected chi connectivity index (χ4v) is 1.52. The van der Waals surface area contributed by atoms with Gasteiger partial charge in [0.2, 0.25) is 0 Å². The van der Waals surface area contributed by atoms with Gasteiger partial charge in [0.05, 0.1) is 13.3 Å². The first kappa shape index (κ1) is 8.38. The third-order valence-electron chi connectivity index (χ3n) is 2.39. The van der Waals surface area contributed by atoms with Gasteiger partial charge < -0.3 is 15.4 Å². The SMILES string of the molecule is CN(CN)c1ccc2c(c1)CCO2. The summed E-state index contributed by atoms with van der Waals surface area (Å²) in [5.41, 5.74) is 7.99. The monoisotopic (exact) mass is 178 g/mol. The minimum atomic E-state index is 0.541. The normalized spacial score (nSPS) is 13.7. The van der Waals surface area contributed by atoms with Gasteiger partial charge in [-0.1, -0.05) is 0 Å². The molecule has 1 aromatic rings. The van der Waals surface area contributed by atoms with Gasteiger partial charge in [-0.3, -0.25) is 0 Å². The Balaban J connectivity index is 2.30. The van der Waals surface area contributed by atoms with Crippen LogP contribution in [0.3, 0.4) is 0 Å². The molecule has 1 aliphatic rings. The molecule has 1 aliphatic heterocycles. The van der Waals surface area contributed by atoms with E-state index in [-0.39, 0.29) is 0 Å². The van der Waals surface area contributed by atoms with Crippen LogP contribution in [0, 0.1) is 0 Å². The lowest BCUT2D eigenvalue weighted by Crippen LogP contribution is -2.24. The highest BCUT2D eigenvalue weighted by atomic mass is 16.5. The van der Waals surface area contributed by atoms with Gasteiger partial charge in [0.25, 0.3) is 0 Å². The summed E-state index contributed by atoms with van der Waals surface area (Å²) in [5.74, 6) is 1.02. The zero-order valence-electron chi connectivity index (χ0n) is 7.79. The standard InChI is InChI=1S/C10H14N2O/c1-12(7-11)9-2-3-10-8(6-9)4-5-13-10/h2-3,6H,4-5,7,11H2,1H3. The van der Waals surface area contributed by atoms with Crippen LogP contribution >= 0.6 is 0 Å². The first-order valence-corrected chi connectivity index (χ1v) is 4.48. The van der Waals surface area contributed by atoms with Crippen LogP contribution in [0.5, 0.6) is 5.75 Å². The minimum absolute atomic E-state index is 0.541. The summed E-state index contributed by atoms with van der Waals surface area (Å²) in [7, 11) is 1.98. The van der Waals surface area contributed by atoms with Crippen molar-refractivity contribution in [3.05, 3.63) is 23.8 Å². The molecule has 1 aromatic carbocycles. The second kappa shape index (κ2) is 3.26. The van der Waals surface area contributed by atoms with E-state index in [1.54, 1.807) is 0 Å².